The zero-order chi connectivity index (χ0) is 23.8. The van der Waals surface area contributed by atoms with Gasteiger partial charge in [0, 0.05) is 33.4 Å². The van der Waals surface area contributed by atoms with Crippen LogP contribution in [0.15, 0.2) is 83.5 Å². The molecule has 2 atom stereocenters. The van der Waals surface area contributed by atoms with Gasteiger partial charge in [-0.25, -0.2) is 0 Å². The number of halogens is 1. The highest BCUT2D eigenvalue weighted by Gasteiger charge is 2.42. The minimum atomic E-state index is -0.0592. The van der Waals surface area contributed by atoms with Gasteiger partial charge in [0.2, 0.25) is 0 Å². The van der Waals surface area contributed by atoms with E-state index in [0.29, 0.717) is 0 Å². The van der Waals surface area contributed by atoms with E-state index >= 15 is 0 Å². The Balaban J connectivity index is 1.67. The second kappa shape index (κ2) is 9.35. The molecule has 2 aromatic heterocycles. The molecule has 1 aliphatic heterocycles. The summed E-state index contributed by atoms with van der Waals surface area (Å²) in [5.74, 6) is 0. The number of aryl methyl sites for hydroxylation is 2. The Morgan fingerprint density at radius 3 is 2.44 bits per heavy atom. The van der Waals surface area contributed by atoms with E-state index in [9.17, 15) is 0 Å². The number of anilines is 1. The van der Waals surface area contributed by atoms with Gasteiger partial charge < -0.3 is 14.8 Å². The molecule has 0 bridgehead atoms. The van der Waals surface area contributed by atoms with Crippen LogP contribution in [0.4, 0.5) is 5.69 Å². The smallest absolute Gasteiger partial charge is 0.174 e. The van der Waals surface area contributed by atoms with Crippen molar-refractivity contribution in [2.75, 3.05) is 4.90 Å². The number of benzene rings is 2. The molecule has 0 aliphatic carbocycles. The number of thiocarbonyl (C=S) groups is 1. The monoisotopic (exact) mass is 530 g/mol. The molecule has 2 aromatic carbocycles. The predicted octanol–water partition coefficient (Wildman–Crippen LogP) is 6.99. The fourth-order valence-corrected chi connectivity index (χ4v) is 5.67. The minimum absolute atomic E-state index is 0.0259. The summed E-state index contributed by atoms with van der Waals surface area (Å²) in [6.45, 7) is 6.53. The number of nitrogens with zero attached hydrogens (tertiary/aromatic N) is 3. The van der Waals surface area contributed by atoms with Crippen LogP contribution < -0.4 is 10.2 Å². The van der Waals surface area contributed by atoms with Crippen LogP contribution in [0.25, 0.3) is 5.69 Å². The average molecular weight is 532 g/mol. The molecule has 0 saturated carbocycles. The second-order valence-corrected chi connectivity index (χ2v) is 9.96. The molecular formula is C28H27BrN4S. The van der Waals surface area contributed by atoms with Gasteiger partial charge in [-0.05, 0) is 92.1 Å². The van der Waals surface area contributed by atoms with Crippen molar-refractivity contribution in [1.82, 2.24) is 14.9 Å². The van der Waals surface area contributed by atoms with Gasteiger partial charge in [-0.3, -0.25) is 4.98 Å². The first kappa shape index (κ1) is 22.8. The molecule has 1 aliphatic rings. The normalized spacial score (nSPS) is 17.8. The maximum atomic E-state index is 5.91. The van der Waals surface area contributed by atoms with Crippen LogP contribution in [0, 0.1) is 13.8 Å². The van der Waals surface area contributed by atoms with Crippen LogP contribution in [0.3, 0.4) is 0 Å². The lowest BCUT2D eigenvalue weighted by atomic mass is 9.96. The number of nitrogens with one attached hydrogen (secondary N) is 1. The lowest BCUT2D eigenvalue weighted by molar-refractivity contribution is 0.565. The summed E-state index contributed by atoms with van der Waals surface area (Å²) in [4.78, 5) is 6.94. The molecule has 4 aromatic rings. The Morgan fingerprint density at radius 1 is 0.971 bits per heavy atom. The lowest BCUT2D eigenvalue weighted by Crippen LogP contribution is -2.29. The average Bonchev–Trinajstić information content (AvgIpc) is 3.34. The Hall–Kier alpha value is -2.96. The molecule has 4 nitrogen and oxygen atoms in total. The summed E-state index contributed by atoms with van der Waals surface area (Å²) >= 11 is 9.53. The van der Waals surface area contributed by atoms with Gasteiger partial charge >= 0.3 is 0 Å². The molecule has 0 spiro atoms. The Kier molecular flexibility index (Phi) is 6.28. The Morgan fingerprint density at radius 2 is 1.76 bits per heavy atom. The summed E-state index contributed by atoms with van der Waals surface area (Å²) in [6, 6.07) is 25.4. The van der Waals surface area contributed by atoms with Crippen LogP contribution in [-0.2, 0) is 6.42 Å². The SMILES string of the molecule is CCc1ccc(N2C(=S)N[C@@H](c3ccccn3)[C@@H]2c2cc(C)n(-c3cccc(Br)c3)c2C)cc1. The highest BCUT2D eigenvalue weighted by atomic mass is 79.9. The van der Waals surface area contributed by atoms with Crippen molar-refractivity contribution in [3.05, 3.63) is 112 Å². The summed E-state index contributed by atoms with van der Waals surface area (Å²) in [7, 11) is 0. The van der Waals surface area contributed by atoms with Crippen molar-refractivity contribution >= 4 is 38.9 Å². The quantitative estimate of drug-likeness (QED) is 0.282. The number of rotatable bonds is 5. The molecule has 1 N–H and O–H groups in total. The molecule has 6 heteroatoms. The number of pyridine rings is 1. The van der Waals surface area contributed by atoms with E-state index in [1.807, 2.05) is 18.3 Å². The molecule has 34 heavy (non-hydrogen) atoms. The molecular weight excluding hydrogens is 504 g/mol. The zero-order valence-electron chi connectivity index (χ0n) is 19.5. The summed E-state index contributed by atoms with van der Waals surface area (Å²) in [5.41, 5.74) is 8.14. The molecule has 1 fully saturated rings. The van der Waals surface area contributed by atoms with Crippen LogP contribution in [0.1, 0.15) is 47.2 Å². The van der Waals surface area contributed by atoms with Crippen molar-refractivity contribution in [3.8, 4) is 5.69 Å². The minimum Gasteiger partial charge on any atom is -0.351 e. The van der Waals surface area contributed by atoms with Crippen LogP contribution in [0.2, 0.25) is 0 Å². The Labute approximate surface area is 214 Å². The summed E-state index contributed by atoms with van der Waals surface area (Å²) in [6.07, 6.45) is 2.86. The van der Waals surface area contributed by atoms with E-state index < -0.39 is 0 Å². The van der Waals surface area contributed by atoms with Gasteiger partial charge in [-0.1, -0.05) is 47.1 Å². The first-order valence-electron chi connectivity index (χ1n) is 11.5. The second-order valence-electron chi connectivity index (χ2n) is 8.66. The van der Waals surface area contributed by atoms with E-state index in [2.05, 4.69) is 112 Å². The first-order valence-corrected chi connectivity index (χ1v) is 12.7. The first-order chi connectivity index (χ1) is 16.5. The molecule has 0 radical (unpaired) electrons. The molecule has 172 valence electrons. The zero-order valence-corrected chi connectivity index (χ0v) is 21.9. The fourth-order valence-electron chi connectivity index (χ4n) is 4.94. The molecule has 1 saturated heterocycles. The van der Waals surface area contributed by atoms with E-state index in [1.54, 1.807) is 0 Å². The van der Waals surface area contributed by atoms with Crippen molar-refractivity contribution in [3.63, 3.8) is 0 Å². The number of aromatic nitrogens is 2. The van der Waals surface area contributed by atoms with E-state index in [1.165, 1.54) is 22.5 Å². The molecule has 0 amide bonds. The van der Waals surface area contributed by atoms with Gasteiger partial charge in [0.25, 0.3) is 0 Å². The highest BCUT2D eigenvalue weighted by Crippen LogP contribution is 2.43. The fraction of sp³-hybridized carbons (Fsp3) is 0.214. The van der Waals surface area contributed by atoms with Crippen LogP contribution in [-0.4, -0.2) is 14.7 Å². The van der Waals surface area contributed by atoms with Gasteiger partial charge in [0.1, 0.15) is 0 Å². The van der Waals surface area contributed by atoms with Crippen molar-refractivity contribution in [2.24, 2.45) is 0 Å². The number of hydrogen-bond acceptors (Lipinski definition) is 2. The summed E-state index contributed by atoms with van der Waals surface area (Å²) < 4.78 is 3.38. The van der Waals surface area contributed by atoms with E-state index in [0.717, 1.165) is 33.1 Å². The van der Waals surface area contributed by atoms with E-state index in [-0.39, 0.29) is 12.1 Å². The molecule has 3 heterocycles. The van der Waals surface area contributed by atoms with Gasteiger partial charge in [-0.15, -0.1) is 0 Å². The third-order valence-corrected chi connectivity index (χ3v) is 7.38. The van der Waals surface area contributed by atoms with Gasteiger partial charge in [-0.2, -0.15) is 0 Å². The highest BCUT2D eigenvalue weighted by molar-refractivity contribution is 9.10. The van der Waals surface area contributed by atoms with Gasteiger partial charge in [0.15, 0.2) is 5.11 Å². The predicted molar refractivity (Wildman–Crippen MR) is 147 cm³/mol. The van der Waals surface area contributed by atoms with E-state index in [4.69, 9.17) is 17.2 Å². The maximum absolute atomic E-state index is 5.91. The Bertz CT molecular complexity index is 1330. The standard InChI is InChI=1S/C28H27BrN4S/c1-4-20-11-13-22(14-12-20)33-27(26(31-28(33)34)25-10-5-6-15-30-25)24-16-18(2)32(19(24)3)23-9-7-8-21(29)17-23/h5-17,26-27H,4H2,1-3H3,(H,31,34)/t26-,27-/m0/s1. The number of hydrogen-bond donors (Lipinski definition) is 1. The van der Waals surface area contributed by atoms with Crippen LogP contribution >= 0.6 is 28.1 Å². The molecule has 5 rings (SSSR count). The van der Waals surface area contributed by atoms with Gasteiger partial charge in [0.05, 0.1) is 17.8 Å². The molecule has 0 unspecified atom stereocenters. The van der Waals surface area contributed by atoms with Crippen molar-refractivity contribution in [2.45, 2.75) is 39.3 Å². The largest absolute Gasteiger partial charge is 0.351 e. The van der Waals surface area contributed by atoms with Crippen LogP contribution in [0.5, 0.6) is 0 Å². The summed E-state index contributed by atoms with van der Waals surface area (Å²) in [5, 5.41) is 4.30. The maximum Gasteiger partial charge on any atom is 0.174 e. The van der Waals surface area contributed by atoms with Crippen molar-refractivity contribution < 1.29 is 0 Å². The van der Waals surface area contributed by atoms with Crippen molar-refractivity contribution in [1.29, 1.82) is 0 Å². The third kappa shape index (κ3) is 4.05. The lowest BCUT2D eigenvalue weighted by Gasteiger charge is -2.28. The third-order valence-electron chi connectivity index (χ3n) is 6.58. The topological polar surface area (TPSA) is 33.1 Å².